The number of hydrogen-bond acceptors (Lipinski definition) is 5. The van der Waals surface area contributed by atoms with E-state index in [1.54, 1.807) is 27.7 Å². The van der Waals surface area contributed by atoms with E-state index < -0.39 is 29.7 Å². The van der Waals surface area contributed by atoms with Crippen molar-refractivity contribution in [2.75, 3.05) is 0 Å². The molecule has 0 amide bonds. The monoisotopic (exact) mass is 260 g/mol. The molecule has 0 saturated heterocycles. The molecule has 0 aromatic heterocycles. The van der Waals surface area contributed by atoms with E-state index in [1.807, 2.05) is 6.92 Å². The van der Waals surface area contributed by atoms with Gasteiger partial charge in [-0.25, -0.2) is 9.59 Å². The van der Waals surface area contributed by atoms with Crippen molar-refractivity contribution < 1.29 is 24.2 Å². The summed E-state index contributed by atoms with van der Waals surface area (Å²) in [5.74, 6) is -1.56. The number of carbonyl (C=O) groups is 2. The van der Waals surface area contributed by atoms with Crippen LogP contribution in [0.1, 0.15) is 48.0 Å². The van der Waals surface area contributed by atoms with Gasteiger partial charge in [0.1, 0.15) is 11.7 Å². The smallest absolute Gasteiger partial charge is 0.348 e. The summed E-state index contributed by atoms with van der Waals surface area (Å²) in [6, 6.07) is 0. The van der Waals surface area contributed by atoms with Gasteiger partial charge in [0.15, 0.2) is 0 Å². The summed E-state index contributed by atoms with van der Waals surface area (Å²) in [4.78, 5) is 23.3. The van der Waals surface area contributed by atoms with Gasteiger partial charge in [-0.05, 0) is 34.1 Å². The number of aliphatic hydroxyl groups is 1. The number of rotatable bonds is 5. The predicted molar refractivity (Wildman–Crippen MR) is 66.9 cm³/mol. The quantitative estimate of drug-likeness (QED) is 0.761. The van der Waals surface area contributed by atoms with Crippen LogP contribution in [0, 0.1) is 5.92 Å². The molecule has 3 atom stereocenters. The zero-order chi connectivity index (χ0) is 14.5. The second-order valence-corrected chi connectivity index (χ2v) is 5.45. The average molecular weight is 260 g/mol. The van der Waals surface area contributed by atoms with Crippen LogP contribution in [-0.2, 0) is 19.1 Å². The zero-order valence-corrected chi connectivity index (χ0v) is 12.0. The standard InChI is InChI=1S/C13H24O5/c1-7-8(2)10(17-11(15)9(3)14)12(16)18-13(4,5)6/h8-10,14H,7H2,1-6H3/t8-,9-,10-/m0/s1. The lowest BCUT2D eigenvalue weighted by Gasteiger charge is -2.27. The molecule has 1 N–H and O–H groups in total. The molecule has 5 nitrogen and oxygen atoms in total. The van der Waals surface area contributed by atoms with Gasteiger partial charge in [-0.2, -0.15) is 0 Å². The van der Waals surface area contributed by atoms with Crippen molar-refractivity contribution in [2.45, 2.75) is 65.8 Å². The summed E-state index contributed by atoms with van der Waals surface area (Å²) in [5.41, 5.74) is -0.639. The molecule has 0 spiro atoms. The molecule has 0 aromatic rings. The third-order valence-corrected chi connectivity index (χ3v) is 2.38. The maximum absolute atomic E-state index is 11.9. The van der Waals surface area contributed by atoms with Gasteiger partial charge in [0, 0.05) is 5.92 Å². The molecule has 106 valence electrons. The molecule has 0 saturated carbocycles. The molecular formula is C13H24O5. The predicted octanol–water partition coefficient (Wildman–Crippen LogP) is 1.67. The Labute approximate surface area is 108 Å². The van der Waals surface area contributed by atoms with E-state index in [2.05, 4.69) is 0 Å². The Bertz CT molecular complexity index is 290. The lowest BCUT2D eigenvalue weighted by molar-refractivity contribution is -0.183. The molecule has 0 fully saturated rings. The second-order valence-electron chi connectivity index (χ2n) is 5.45. The fourth-order valence-electron chi connectivity index (χ4n) is 1.19. The summed E-state index contributed by atoms with van der Waals surface area (Å²) < 4.78 is 10.2. The number of esters is 2. The third-order valence-electron chi connectivity index (χ3n) is 2.38. The first-order valence-electron chi connectivity index (χ1n) is 6.20. The number of ether oxygens (including phenoxy) is 2. The first-order valence-corrected chi connectivity index (χ1v) is 6.20. The van der Waals surface area contributed by atoms with E-state index >= 15 is 0 Å². The fraction of sp³-hybridized carbons (Fsp3) is 0.846. The molecule has 5 heteroatoms. The minimum absolute atomic E-state index is 0.164. The van der Waals surface area contributed by atoms with Crippen molar-refractivity contribution in [2.24, 2.45) is 5.92 Å². The van der Waals surface area contributed by atoms with Crippen LogP contribution >= 0.6 is 0 Å². The molecular weight excluding hydrogens is 236 g/mol. The summed E-state index contributed by atoms with van der Waals surface area (Å²) in [6.45, 7) is 10.2. The molecule has 0 aliphatic heterocycles. The van der Waals surface area contributed by atoms with Crippen LogP contribution in [0.3, 0.4) is 0 Å². The molecule has 0 rings (SSSR count). The van der Waals surface area contributed by atoms with E-state index in [1.165, 1.54) is 6.92 Å². The lowest BCUT2D eigenvalue weighted by atomic mass is 10.0. The van der Waals surface area contributed by atoms with Crippen molar-refractivity contribution in [1.82, 2.24) is 0 Å². The van der Waals surface area contributed by atoms with E-state index in [-0.39, 0.29) is 5.92 Å². The van der Waals surface area contributed by atoms with Gasteiger partial charge in [-0.1, -0.05) is 13.8 Å². The number of hydrogen-bond donors (Lipinski definition) is 1. The van der Waals surface area contributed by atoms with Gasteiger partial charge < -0.3 is 14.6 Å². The average Bonchev–Trinajstić information content (AvgIpc) is 2.21. The maximum Gasteiger partial charge on any atom is 0.348 e. The normalized spacial score (nSPS) is 16.6. The molecule has 0 heterocycles. The molecule has 18 heavy (non-hydrogen) atoms. The Balaban J connectivity index is 4.79. The Hall–Kier alpha value is -1.10. The van der Waals surface area contributed by atoms with Gasteiger partial charge in [0.25, 0.3) is 0 Å². The highest BCUT2D eigenvalue weighted by Gasteiger charge is 2.33. The summed E-state index contributed by atoms with van der Waals surface area (Å²) in [7, 11) is 0. The fourth-order valence-corrected chi connectivity index (χ4v) is 1.19. The Kier molecular flexibility index (Phi) is 6.32. The second kappa shape index (κ2) is 6.73. The first-order chi connectivity index (χ1) is 8.08. The van der Waals surface area contributed by atoms with E-state index in [4.69, 9.17) is 14.6 Å². The van der Waals surface area contributed by atoms with E-state index in [0.717, 1.165) is 0 Å². The highest BCUT2D eigenvalue weighted by atomic mass is 16.6. The van der Waals surface area contributed by atoms with Crippen molar-refractivity contribution in [1.29, 1.82) is 0 Å². The molecule has 0 aliphatic rings. The Morgan fingerprint density at radius 2 is 1.67 bits per heavy atom. The minimum atomic E-state index is -1.25. The highest BCUT2D eigenvalue weighted by Crippen LogP contribution is 2.18. The van der Waals surface area contributed by atoms with Crippen molar-refractivity contribution in [3.05, 3.63) is 0 Å². The van der Waals surface area contributed by atoms with Gasteiger partial charge in [0.05, 0.1) is 0 Å². The summed E-state index contributed by atoms with van der Waals surface area (Å²) in [6.07, 6.45) is -1.56. The van der Waals surface area contributed by atoms with Crippen molar-refractivity contribution in [3.63, 3.8) is 0 Å². The largest absolute Gasteiger partial charge is 0.457 e. The lowest BCUT2D eigenvalue weighted by Crippen LogP contribution is -2.40. The maximum atomic E-state index is 11.9. The Morgan fingerprint density at radius 3 is 2.00 bits per heavy atom. The van der Waals surface area contributed by atoms with Crippen LogP contribution in [0.4, 0.5) is 0 Å². The van der Waals surface area contributed by atoms with Crippen LogP contribution in [0.5, 0.6) is 0 Å². The van der Waals surface area contributed by atoms with Gasteiger partial charge in [0.2, 0.25) is 6.10 Å². The van der Waals surface area contributed by atoms with Crippen molar-refractivity contribution in [3.8, 4) is 0 Å². The molecule has 0 unspecified atom stereocenters. The van der Waals surface area contributed by atoms with E-state index in [9.17, 15) is 9.59 Å². The SMILES string of the molecule is CC[C@H](C)[C@H](OC(=O)[C@H](C)O)C(=O)OC(C)(C)C. The number of aliphatic hydroxyl groups excluding tert-OH is 1. The van der Waals surface area contributed by atoms with Crippen molar-refractivity contribution >= 4 is 11.9 Å². The minimum Gasteiger partial charge on any atom is -0.457 e. The van der Waals surface area contributed by atoms with Gasteiger partial charge in [-0.3, -0.25) is 0 Å². The van der Waals surface area contributed by atoms with Gasteiger partial charge >= 0.3 is 11.9 Å². The Morgan fingerprint density at radius 1 is 1.17 bits per heavy atom. The van der Waals surface area contributed by atoms with Crippen LogP contribution in [0.2, 0.25) is 0 Å². The summed E-state index contributed by atoms with van der Waals surface area (Å²) >= 11 is 0. The van der Waals surface area contributed by atoms with Gasteiger partial charge in [-0.15, -0.1) is 0 Å². The molecule has 0 bridgehead atoms. The molecule has 0 aromatic carbocycles. The summed E-state index contributed by atoms with van der Waals surface area (Å²) in [5, 5.41) is 9.11. The van der Waals surface area contributed by atoms with E-state index in [0.29, 0.717) is 6.42 Å². The topological polar surface area (TPSA) is 72.8 Å². The van der Waals surface area contributed by atoms with Crippen LogP contribution in [0.15, 0.2) is 0 Å². The number of carbonyl (C=O) groups excluding carboxylic acids is 2. The van der Waals surface area contributed by atoms with Crippen LogP contribution in [0.25, 0.3) is 0 Å². The molecule has 0 aliphatic carbocycles. The van der Waals surface area contributed by atoms with Crippen LogP contribution < -0.4 is 0 Å². The van der Waals surface area contributed by atoms with Crippen LogP contribution in [-0.4, -0.2) is 34.9 Å². The third kappa shape index (κ3) is 6.00. The highest BCUT2D eigenvalue weighted by molar-refractivity contribution is 5.81. The first kappa shape index (κ1) is 16.9. The zero-order valence-electron chi connectivity index (χ0n) is 12.0. The molecule has 0 radical (unpaired) electrons.